The quantitative estimate of drug-likeness (QED) is 0.224. The van der Waals surface area contributed by atoms with Gasteiger partial charge in [0.15, 0.2) is 0 Å². The van der Waals surface area contributed by atoms with Gasteiger partial charge in [0.2, 0.25) is 5.91 Å². The van der Waals surface area contributed by atoms with Gasteiger partial charge in [-0.2, -0.15) is 0 Å². The maximum Gasteiger partial charge on any atom is 0.268 e. The van der Waals surface area contributed by atoms with Crippen LogP contribution in [0, 0.1) is 11.8 Å². The molecule has 2 aromatic rings. The van der Waals surface area contributed by atoms with Crippen molar-refractivity contribution >= 4 is 23.4 Å². The molecule has 162 valence electrons. The topological polar surface area (TPSA) is 154 Å². The van der Waals surface area contributed by atoms with Gasteiger partial charge in [-0.3, -0.25) is 19.6 Å². The van der Waals surface area contributed by atoms with Crippen LogP contribution in [0.25, 0.3) is 0 Å². The minimum Gasteiger partial charge on any atom is -0.391 e. The number of carbonyl (C=O) groups is 3. The van der Waals surface area contributed by atoms with Crippen LogP contribution in [-0.4, -0.2) is 46.2 Å². The van der Waals surface area contributed by atoms with E-state index >= 15 is 0 Å². The standard InChI is InChI=1S/C22H24N4O5/c1-13(23)20(28)24-18-11-7-16(8-12-18)4-3-15-5-9-17(10-6-15)21(29)25-19(14(2)27)22(30)26-31/h5-14,19,27,31H,23H2,1-2H3,(H,24,28)(H,25,29)(H,26,30)/t13-,14+,19-/m0/s1. The van der Waals surface area contributed by atoms with Gasteiger partial charge in [0, 0.05) is 22.4 Å². The zero-order valence-corrected chi connectivity index (χ0v) is 17.0. The number of amides is 3. The summed E-state index contributed by atoms with van der Waals surface area (Å²) in [5.41, 5.74) is 9.19. The number of carbonyl (C=O) groups excluding carboxylic acids is 3. The summed E-state index contributed by atoms with van der Waals surface area (Å²) in [5.74, 6) is 4.16. The lowest BCUT2D eigenvalue weighted by Crippen LogP contribution is -2.51. The molecule has 31 heavy (non-hydrogen) atoms. The van der Waals surface area contributed by atoms with Crippen molar-refractivity contribution in [2.45, 2.75) is 32.0 Å². The van der Waals surface area contributed by atoms with Gasteiger partial charge in [-0.05, 0) is 62.4 Å². The van der Waals surface area contributed by atoms with Crippen molar-refractivity contribution in [2.24, 2.45) is 5.73 Å². The molecule has 0 aliphatic heterocycles. The van der Waals surface area contributed by atoms with Crippen LogP contribution >= 0.6 is 0 Å². The number of nitrogens with two attached hydrogens (primary N) is 1. The largest absolute Gasteiger partial charge is 0.391 e. The summed E-state index contributed by atoms with van der Waals surface area (Å²) in [6.45, 7) is 2.92. The van der Waals surface area contributed by atoms with Gasteiger partial charge < -0.3 is 21.5 Å². The lowest BCUT2D eigenvalue weighted by atomic mass is 10.1. The number of hydrogen-bond donors (Lipinski definition) is 6. The highest BCUT2D eigenvalue weighted by Gasteiger charge is 2.25. The summed E-state index contributed by atoms with van der Waals surface area (Å²) in [6, 6.07) is 11.4. The van der Waals surface area contributed by atoms with Gasteiger partial charge >= 0.3 is 0 Å². The smallest absolute Gasteiger partial charge is 0.268 e. The summed E-state index contributed by atoms with van der Waals surface area (Å²) in [5, 5.41) is 23.3. The number of aliphatic hydroxyl groups is 1. The normalized spacial score (nSPS) is 13.1. The molecule has 0 aliphatic rings. The lowest BCUT2D eigenvalue weighted by molar-refractivity contribution is -0.133. The maximum atomic E-state index is 12.3. The fourth-order valence-corrected chi connectivity index (χ4v) is 2.44. The van der Waals surface area contributed by atoms with Crippen LogP contribution in [0.5, 0.6) is 0 Å². The summed E-state index contributed by atoms with van der Waals surface area (Å²) < 4.78 is 0. The van der Waals surface area contributed by atoms with E-state index in [1.807, 2.05) is 0 Å². The first-order valence-electron chi connectivity index (χ1n) is 9.42. The Labute approximate surface area is 179 Å². The van der Waals surface area contributed by atoms with E-state index in [1.165, 1.54) is 24.5 Å². The Kier molecular flexibility index (Phi) is 8.28. The third-order valence-corrected chi connectivity index (χ3v) is 4.23. The van der Waals surface area contributed by atoms with Crippen LogP contribution < -0.4 is 21.8 Å². The van der Waals surface area contributed by atoms with E-state index in [0.29, 0.717) is 11.3 Å². The predicted octanol–water partition coefficient (Wildman–Crippen LogP) is 0.357. The summed E-state index contributed by atoms with van der Waals surface area (Å²) in [7, 11) is 0. The highest BCUT2D eigenvalue weighted by atomic mass is 16.5. The van der Waals surface area contributed by atoms with Crippen molar-refractivity contribution in [1.82, 2.24) is 10.8 Å². The zero-order valence-electron chi connectivity index (χ0n) is 17.0. The second-order valence-electron chi connectivity index (χ2n) is 6.85. The van der Waals surface area contributed by atoms with Crippen molar-refractivity contribution in [3.05, 3.63) is 65.2 Å². The van der Waals surface area contributed by atoms with Crippen LogP contribution in [0.4, 0.5) is 5.69 Å². The first kappa shape index (κ1) is 23.6. The molecule has 0 bridgehead atoms. The predicted molar refractivity (Wildman–Crippen MR) is 114 cm³/mol. The molecule has 0 saturated heterocycles. The number of anilines is 1. The van der Waals surface area contributed by atoms with Crippen molar-refractivity contribution in [3.8, 4) is 11.8 Å². The molecule has 2 aromatic carbocycles. The Bertz CT molecular complexity index is 989. The van der Waals surface area contributed by atoms with Crippen LogP contribution in [0.2, 0.25) is 0 Å². The van der Waals surface area contributed by atoms with Gasteiger partial charge in [0.25, 0.3) is 11.8 Å². The highest BCUT2D eigenvalue weighted by Crippen LogP contribution is 2.10. The Morgan fingerprint density at radius 1 is 0.903 bits per heavy atom. The van der Waals surface area contributed by atoms with Crippen LogP contribution in [0.15, 0.2) is 48.5 Å². The first-order valence-corrected chi connectivity index (χ1v) is 9.42. The maximum absolute atomic E-state index is 12.3. The third kappa shape index (κ3) is 6.94. The van der Waals surface area contributed by atoms with Crippen LogP contribution in [0.3, 0.4) is 0 Å². The molecule has 0 unspecified atom stereocenters. The second-order valence-corrected chi connectivity index (χ2v) is 6.85. The average Bonchev–Trinajstić information content (AvgIpc) is 2.76. The van der Waals surface area contributed by atoms with E-state index in [9.17, 15) is 19.5 Å². The zero-order chi connectivity index (χ0) is 23.0. The Hall–Kier alpha value is -3.71. The summed E-state index contributed by atoms with van der Waals surface area (Å²) >= 11 is 0. The fraction of sp³-hybridized carbons (Fsp3) is 0.227. The molecule has 0 radical (unpaired) electrons. The van der Waals surface area contributed by atoms with Crippen molar-refractivity contribution in [2.75, 3.05) is 5.32 Å². The van der Waals surface area contributed by atoms with E-state index in [0.717, 1.165) is 5.56 Å². The first-order chi connectivity index (χ1) is 14.7. The minimum atomic E-state index is -1.29. The second kappa shape index (κ2) is 10.9. The molecular formula is C22H24N4O5. The minimum absolute atomic E-state index is 0.260. The molecule has 0 fully saturated rings. The molecule has 0 heterocycles. The number of benzene rings is 2. The van der Waals surface area contributed by atoms with Crippen molar-refractivity contribution in [3.63, 3.8) is 0 Å². The number of hydrogen-bond acceptors (Lipinski definition) is 6. The number of hydroxylamine groups is 1. The van der Waals surface area contributed by atoms with E-state index in [1.54, 1.807) is 43.3 Å². The average molecular weight is 424 g/mol. The van der Waals surface area contributed by atoms with E-state index in [-0.39, 0.29) is 11.5 Å². The number of aliphatic hydroxyl groups excluding tert-OH is 1. The SMILES string of the molecule is C[C@H](N)C(=O)Nc1ccc(C#Cc2ccc(C(=O)N[C@H](C(=O)NO)[C@@H](C)O)cc2)cc1. The molecule has 0 aromatic heterocycles. The van der Waals surface area contributed by atoms with Gasteiger partial charge in [-0.1, -0.05) is 11.8 Å². The number of rotatable bonds is 6. The highest BCUT2D eigenvalue weighted by molar-refractivity contribution is 5.97. The van der Waals surface area contributed by atoms with Gasteiger partial charge in [-0.25, -0.2) is 5.48 Å². The summed E-state index contributed by atoms with van der Waals surface area (Å²) in [6.07, 6.45) is -1.19. The number of nitrogens with one attached hydrogen (secondary N) is 3. The van der Waals surface area contributed by atoms with Crippen molar-refractivity contribution < 1.29 is 24.7 Å². The van der Waals surface area contributed by atoms with E-state index in [2.05, 4.69) is 22.5 Å². The van der Waals surface area contributed by atoms with Gasteiger partial charge in [0.05, 0.1) is 12.1 Å². The molecule has 0 spiro atoms. The van der Waals surface area contributed by atoms with Crippen LogP contribution in [0.1, 0.15) is 35.3 Å². The lowest BCUT2D eigenvalue weighted by Gasteiger charge is -2.19. The molecule has 0 saturated carbocycles. The molecule has 3 amide bonds. The molecule has 7 N–H and O–H groups in total. The van der Waals surface area contributed by atoms with Crippen molar-refractivity contribution in [1.29, 1.82) is 0 Å². The molecular weight excluding hydrogens is 400 g/mol. The van der Waals surface area contributed by atoms with E-state index < -0.39 is 30.0 Å². The summed E-state index contributed by atoms with van der Waals surface area (Å²) in [4.78, 5) is 35.4. The molecule has 0 aliphatic carbocycles. The molecule has 9 nitrogen and oxygen atoms in total. The van der Waals surface area contributed by atoms with Gasteiger partial charge in [0.1, 0.15) is 6.04 Å². The van der Waals surface area contributed by atoms with Gasteiger partial charge in [-0.15, -0.1) is 0 Å². The molecule has 9 heteroatoms. The fourth-order valence-electron chi connectivity index (χ4n) is 2.44. The third-order valence-electron chi connectivity index (χ3n) is 4.23. The Morgan fingerprint density at radius 2 is 1.42 bits per heavy atom. The van der Waals surface area contributed by atoms with E-state index in [4.69, 9.17) is 10.9 Å². The monoisotopic (exact) mass is 424 g/mol. The Morgan fingerprint density at radius 3 is 1.87 bits per heavy atom. The molecule has 3 atom stereocenters. The Balaban J connectivity index is 2.03. The molecule has 2 rings (SSSR count). The van der Waals surface area contributed by atoms with Crippen LogP contribution in [-0.2, 0) is 9.59 Å².